The molecule has 1 amide bonds. The highest BCUT2D eigenvalue weighted by Crippen LogP contribution is 2.37. The Labute approximate surface area is 132 Å². The number of hydrogen-bond donors (Lipinski definition) is 1. The summed E-state index contributed by atoms with van der Waals surface area (Å²) in [5, 5.41) is 9.71. The lowest BCUT2D eigenvalue weighted by Crippen LogP contribution is -2.57. The van der Waals surface area contributed by atoms with Crippen molar-refractivity contribution in [3.8, 4) is 0 Å². The number of carboxylic acid groups (broad SMARTS) is 1. The number of fused-ring (bicyclic) bond motifs is 2. The minimum Gasteiger partial charge on any atom is -0.465 e. The number of anilines is 1. The van der Waals surface area contributed by atoms with Gasteiger partial charge in [-0.3, -0.25) is 9.80 Å². The van der Waals surface area contributed by atoms with Gasteiger partial charge in [0.2, 0.25) is 0 Å². The van der Waals surface area contributed by atoms with Crippen LogP contribution in [0.4, 0.5) is 10.5 Å². The van der Waals surface area contributed by atoms with E-state index in [1.165, 1.54) is 19.3 Å². The molecule has 2 saturated heterocycles. The number of rotatable bonds is 4. The average molecular weight is 300 g/mol. The molecule has 3 rings (SSSR count). The van der Waals surface area contributed by atoms with Crippen molar-refractivity contribution in [1.82, 2.24) is 4.90 Å². The van der Waals surface area contributed by atoms with E-state index in [2.05, 4.69) is 11.5 Å². The molecule has 1 aromatic carbocycles. The zero-order valence-electron chi connectivity index (χ0n) is 12.9. The lowest BCUT2D eigenvalue weighted by Gasteiger charge is -2.50. The van der Waals surface area contributed by atoms with Crippen molar-refractivity contribution >= 4 is 11.8 Å². The Balaban J connectivity index is 1.82. The summed E-state index contributed by atoms with van der Waals surface area (Å²) < 4.78 is 0. The molecule has 2 heterocycles. The second kappa shape index (κ2) is 6.53. The highest BCUT2D eigenvalue weighted by Gasteiger charge is 2.41. The van der Waals surface area contributed by atoms with E-state index >= 15 is 0 Å². The Kier molecular flexibility index (Phi) is 4.48. The fourth-order valence-corrected chi connectivity index (χ4v) is 4.17. The van der Waals surface area contributed by atoms with Gasteiger partial charge in [-0.05, 0) is 37.8 Å². The first-order valence-electron chi connectivity index (χ1n) is 8.14. The van der Waals surface area contributed by atoms with Gasteiger partial charge >= 0.3 is 6.09 Å². The second-order valence-electron chi connectivity index (χ2n) is 6.34. The van der Waals surface area contributed by atoms with Crippen LogP contribution in [0.5, 0.6) is 0 Å². The number of amides is 1. The molecule has 2 fully saturated rings. The minimum absolute atomic E-state index is 0.0799. The molecular formula is C18H24N2O2. The maximum atomic E-state index is 11.8. The summed E-state index contributed by atoms with van der Waals surface area (Å²) in [6, 6.07) is 10.6. The first-order valence-corrected chi connectivity index (χ1v) is 8.14. The second-order valence-corrected chi connectivity index (χ2v) is 6.34. The zero-order chi connectivity index (χ0) is 15.5. The van der Waals surface area contributed by atoms with E-state index in [0.717, 1.165) is 25.1 Å². The van der Waals surface area contributed by atoms with Crippen LogP contribution < -0.4 is 4.90 Å². The van der Waals surface area contributed by atoms with Gasteiger partial charge < -0.3 is 5.11 Å². The van der Waals surface area contributed by atoms with Crippen LogP contribution in [0, 0.1) is 0 Å². The Morgan fingerprint density at radius 1 is 1.27 bits per heavy atom. The molecule has 2 atom stereocenters. The molecule has 4 nitrogen and oxygen atoms in total. The SMILES string of the molecule is C=CCN1C2CCCC1CC(N(C(=O)O)c1ccccc1)C2. The van der Waals surface area contributed by atoms with Gasteiger partial charge in [0, 0.05) is 30.4 Å². The minimum atomic E-state index is -0.841. The summed E-state index contributed by atoms with van der Waals surface area (Å²) in [6.45, 7) is 4.78. The van der Waals surface area contributed by atoms with Gasteiger partial charge in [-0.25, -0.2) is 4.79 Å². The summed E-state index contributed by atoms with van der Waals surface area (Å²) >= 11 is 0. The molecule has 4 heteroatoms. The quantitative estimate of drug-likeness (QED) is 0.861. The van der Waals surface area contributed by atoms with E-state index in [4.69, 9.17) is 0 Å². The predicted molar refractivity (Wildman–Crippen MR) is 88.3 cm³/mol. The van der Waals surface area contributed by atoms with Crippen LogP contribution in [-0.2, 0) is 0 Å². The first kappa shape index (κ1) is 15.1. The summed E-state index contributed by atoms with van der Waals surface area (Å²) in [5.74, 6) is 0. The smallest absolute Gasteiger partial charge is 0.412 e. The Bertz CT molecular complexity index is 517. The molecule has 2 aliphatic rings. The first-order chi connectivity index (χ1) is 10.7. The summed E-state index contributed by atoms with van der Waals surface area (Å²) in [4.78, 5) is 15.9. The topological polar surface area (TPSA) is 43.8 Å². The maximum absolute atomic E-state index is 11.8. The molecule has 0 spiro atoms. The van der Waals surface area contributed by atoms with Crippen LogP contribution in [0.25, 0.3) is 0 Å². The van der Waals surface area contributed by atoms with Crippen LogP contribution >= 0.6 is 0 Å². The van der Waals surface area contributed by atoms with Crippen molar-refractivity contribution in [1.29, 1.82) is 0 Å². The highest BCUT2D eigenvalue weighted by atomic mass is 16.4. The molecule has 0 radical (unpaired) electrons. The van der Waals surface area contributed by atoms with Crippen molar-refractivity contribution in [2.75, 3.05) is 11.4 Å². The van der Waals surface area contributed by atoms with Gasteiger partial charge in [-0.15, -0.1) is 6.58 Å². The van der Waals surface area contributed by atoms with Gasteiger partial charge in [-0.1, -0.05) is 30.7 Å². The van der Waals surface area contributed by atoms with Gasteiger partial charge in [0.25, 0.3) is 0 Å². The van der Waals surface area contributed by atoms with E-state index in [-0.39, 0.29) is 6.04 Å². The van der Waals surface area contributed by atoms with Crippen LogP contribution in [0.15, 0.2) is 43.0 Å². The van der Waals surface area contributed by atoms with E-state index in [0.29, 0.717) is 12.1 Å². The molecule has 22 heavy (non-hydrogen) atoms. The van der Waals surface area contributed by atoms with Crippen molar-refractivity contribution in [3.05, 3.63) is 43.0 Å². The van der Waals surface area contributed by atoms with Gasteiger partial charge in [0.05, 0.1) is 0 Å². The Morgan fingerprint density at radius 3 is 2.45 bits per heavy atom. The summed E-state index contributed by atoms with van der Waals surface area (Å²) in [6.07, 6.45) is 6.57. The molecule has 118 valence electrons. The largest absolute Gasteiger partial charge is 0.465 e. The molecule has 2 unspecified atom stereocenters. The average Bonchev–Trinajstić information content (AvgIpc) is 2.49. The zero-order valence-corrected chi connectivity index (χ0v) is 12.9. The third kappa shape index (κ3) is 2.88. The fraction of sp³-hybridized carbons (Fsp3) is 0.500. The molecular weight excluding hydrogens is 276 g/mol. The molecule has 0 aliphatic carbocycles. The molecule has 0 saturated carbocycles. The van der Waals surface area contributed by atoms with E-state index < -0.39 is 6.09 Å². The van der Waals surface area contributed by atoms with E-state index in [1.807, 2.05) is 36.4 Å². The number of para-hydroxylation sites is 1. The van der Waals surface area contributed by atoms with Crippen LogP contribution in [-0.4, -0.2) is 40.8 Å². The van der Waals surface area contributed by atoms with Gasteiger partial charge in [0.1, 0.15) is 0 Å². The standard InChI is InChI=1S/C18H24N2O2/c1-2-11-19-15-9-6-10-16(19)13-17(12-15)20(18(21)22)14-7-4-3-5-8-14/h2-5,7-8,15-17H,1,6,9-13H2,(H,21,22). The monoisotopic (exact) mass is 300 g/mol. The van der Waals surface area contributed by atoms with Crippen LogP contribution in [0.2, 0.25) is 0 Å². The molecule has 2 aliphatic heterocycles. The predicted octanol–water partition coefficient (Wildman–Crippen LogP) is 3.74. The number of nitrogens with zero attached hydrogens (tertiary/aromatic N) is 2. The van der Waals surface area contributed by atoms with Crippen molar-refractivity contribution < 1.29 is 9.90 Å². The van der Waals surface area contributed by atoms with Gasteiger partial charge in [-0.2, -0.15) is 0 Å². The highest BCUT2D eigenvalue weighted by molar-refractivity contribution is 5.86. The molecule has 1 N–H and O–H groups in total. The lowest BCUT2D eigenvalue weighted by atomic mass is 9.81. The summed E-state index contributed by atoms with van der Waals surface area (Å²) in [5.41, 5.74) is 0.787. The van der Waals surface area contributed by atoms with Crippen LogP contribution in [0.1, 0.15) is 32.1 Å². The molecule has 2 bridgehead atoms. The maximum Gasteiger partial charge on any atom is 0.412 e. The molecule has 1 aromatic rings. The number of hydrogen-bond acceptors (Lipinski definition) is 2. The van der Waals surface area contributed by atoms with E-state index in [1.54, 1.807) is 4.90 Å². The van der Waals surface area contributed by atoms with Crippen molar-refractivity contribution in [2.24, 2.45) is 0 Å². The fourth-order valence-electron chi connectivity index (χ4n) is 4.17. The Morgan fingerprint density at radius 2 is 1.91 bits per heavy atom. The van der Waals surface area contributed by atoms with Gasteiger partial charge in [0.15, 0.2) is 0 Å². The van der Waals surface area contributed by atoms with E-state index in [9.17, 15) is 9.90 Å². The summed E-state index contributed by atoms with van der Waals surface area (Å²) in [7, 11) is 0. The number of benzene rings is 1. The van der Waals surface area contributed by atoms with Crippen LogP contribution in [0.3, 0.4) is 0 Å². The lowest BCUT2D eigenvalue weighted by molar-refractivity contribution is 0.0409. The van der Waals surface area contributed by atoms with Crippen molar-refractivity contribution in [3.63, 3.8) is 0 Å². The third-order valence-corrected chi connectivity index (χ3v) is 5.05. The number of carbonyl (C=O) groups is 1. The van der Waals surface area contributed by atoms with Crippen molar-refractivity contribution in [2.45, 2.75) is 50.2 Å². The number of piperidine rings is 2. The molecule has 0 aromatic heterocycles. The Hall–Kier alpha value is -1.81. The normalized spacial score (nSPS) is 28.1. The third-order valence-electron chi connectivity index (χ3n) is 5.05.